The summed E-state index contributed by atoms with van der Waals surface area (Å²) >= 11 is 6.03. The van der Waals surface area contributed by atoms with Gasteiger partial charge in [-0.05, 0) is 60.1 Å². The number of aliphatic hydroxyl groups excluding tert-OH is 1. The van der Waals surface area contributed by atoms with Crippen LogP contribution in [-0.2, 0) is 27.5 Å². The topological polar surface area (TPSA) is 71.4 Å². The van der Waals surface area contributed by atoms with Crippen molar-refractivity contribution in [3.8, 4) is 0 Å². The van der Waals surface area contributed by atoms with E-state index >= 15 is 0 Å². The molecule has 0 spiro atoms. The van der Waals surface area contributed by atoms with Crippen LogP contribution in [0.2, 0.25) is 5.02 Å². The highest BCUT2D eigenvalue weighted by atomic mass is 35.5. The molecule has 0 aromatic heterocycles. The summed E-state index contributed by atoms with van der Waals surface area (Å²) in [4.78, 5) is 12.6. The second-order valence-corrected chi connectivity index (χ2v) is 10.5. The maximum absolute atomic E-state index is 13.4. The molecular weight excluding hydrogens is 408 g/mol. The molecule has 4 nitrogen and oxygen atoms in total. The van der Waals surface area contributed by atoms with E-state index in [-0.39, 0.29) is 29.1 Å². The molecule has 0 fully saturated rings. The Morgan fingerprint density at radius 1 is 1.24 bits per heavy atom. The first-order chi connectivity index (χ1) is 13.8. The van der Waals surface area contributed by atoms with Crippen molar-refractivity contribution in [2.24, 2.45) is 11.8 Å². The van der Waals surface area contributed by atoms with Crippen molar-refractivity contribution >= 4 is 27.2 Å². The molecule has 6 heteroatoms. The van der Waals surface area contributed by atoms with Crippen molar-refractivity contribution < 1.29 is 18.3 Å². The highest BCUT2D eigenvalue weighted by molar-refractivity contribution is 7.91. The van der Waals surface area contributed by atoms with E-state index < -0.39 is 15.1 Å². The lowest BCUT2D eigenvalue weighted by Gasteiger charge is -2.31. The summed E-state index contributed by atoms with van der Waals surface area (Å²) in [7, 11) is -3.69. The molecule has 0 heterocycles. The standard InChI is InChI=1S/C23H27ClO4S/c1-3-15(2)22(26)11-16-7-8-18-9-17(14-25)12-23(21(18)10-16)29(27,28)20-6-4-5-19(24)13-20/h4-8,10,13,15,17,23,25H,3,9,11-12,14H2,1-2H3/t15-,17+,23?/m0/s1. The lowest BCUT2D eigenvalue weighted by atomic mass is 9.82. The first kappa shape index (κ1) is 22.0. The van der Waals surface area contributed by atoms with Crippen LogP contribution in [-0.4, -0.2) is 25.9 Å². The molecule has 1 unspecified atom stereocenters. The Morgan fingerprint density at radius 2 is 2.00 bits per heavy atom. The molecule has 0 saturated carbocycles. The number of sulfone groups is 1. The Morgan fingerprint density at radius 3 is 2.66 bits per heavy atom. The molecule has 0 saturated heterocycles. The van der Waals surface area contributed by atoms with Gasteiger partial charge in [0.15, 0.2) is 9.84 Å². The number of ketones is 1. The number of Topliss-reactive ketones (excluding diaryl/α,β-unsaturated/α-hetero) is 1. The number of hydrogen-bond acceptors (Lipinski definition) is 4. The normalized spacial score (nSPS) is 20.1. The van der Waals surface area contributed by atoms with E-state index in [0.29, 0.717) is 24.3 Å². The Kier molecular flexibility index (Phi) is 6.82. The molecule has 3 atom stereocenters. The predicted octanol–water partition coefficient (Wildman–Crippen LogP) is 4.57. The Bertz CT molecular complexity index is 1000. The second kappa shape index (κ2) is 8.99. The van der Waals surface area contributed by atoms with Gasteiger partial charge in [-0.1, -0.05) is 49.7 Å². The Hall–Kier alpha value is -1.69. The van der Waals surface area contributed by atoms with Crippen molar-refractivity contribution in [1.29, 1.82) is 0 Å². The molecule has 1 aliphatic carbocycles. The summed E-state index contributed by atoms with van der Waals surface area (Å²) in [6.07, 6.45) is 2.07. The molecule has 1 N–H and O–H groups in total. The van der Waals surface area contributed by atoms with Gasteiger partial charge in [0, 0.05) is 24.0 Å². The van der Waals surface area contributed by atoms with Gasteiger partial charge in [-0.3, -0.25) is 4.79 Å². The second-order valence-electron chi connectivity index (χ2n) is 7.97. The van der Waals surface area contributed by atoms with Crippen LogP contribution >= 0.6 is 11.6 Å². The van der Waals surface area contributed by atoms with Gasteiger partial charge in [-0.25, -0.2) is 8.42 Å². The first-order valence-electron chi connectivity index (χ1n) is 10.0. The molecule has 2 aromatic carbocycles. The molecule has 0 aliphatic heterocycles. The summed E-state index contributed by atoms with van der Waals surface area (Å²) in [6.45, 7) is 3.84. The Balaban J connectivity index is 2.03. The summed E-state index contributed by atoms with van der Waals surface area (Å²) in [5, 5.41) is 9.32. The van der Waals surface area contributed by atoms with Gasteiger partial charge in [0.1, 0.15) is 5.78 Å². The van der Waals surface area contributed by atoms with Crippen molar-refractivity contribution in [3.05, 3.63) is 64.2 Å². The minimum atomic E-state index is -3.69. The fraction of sp³-hybridized carbons (Fsp3) is 0.435. The fourth-order valence-corrected chi connectivity index (χ4v) is 6.13. The maximum atomic E-state index is 13.4. The van der Waals surface area contributed by atoms with E-state index in [4.69, 9.17) is 11.6 Å². The third-order valence-corrected chi connectivity index (χ3v) is 8.25. The number of rotatable bonds is 7. The Labute approximate surface area is 177 Å². The van der Waals surface area contributed by atoms with Crippen LogP contribution in [0.3, 0.4) is 0 Å². The SMILES string of the molecule is CC[C@H](C)C(=O)Cc1ccc2c(c1)C(S(=O)(=O)c1cccc(Cl)c1)C[C@H](CO)C2. The average molecular weight is 435 g/mol. The number of aliphatic hydroxyl groups is 1. The zero-order valence-corrected chi connectivity index (χ0v) is 18.3. The van der Waals surface area contributed by atoms with Crippen LogP contribution in [0.4, 0.5) is 0 Å². The predicted molar refractivity (Wildman–Crippen MR) is 115 cm³/mol. The molecule has 3 rings (SSSR count). The molecule has 2 aromatic rings. The number of carbonyl (C=O) groups excluding carboxylic acids is 1. The quantitative estimate of drug-likeness (QED) is 0.692. The van der Waals surface area contributed by atoms with E-state index in [9.17, 15) is 18.3 Å². The molecule has 1 aliphatic rings. The van der Waals surface area contributed by atoms with E-state index in [1.165, 1.54) is 6.07 Å². The lowest BCUT2D eigenvalue weighted by molar-refractivity contribution is -0.121. The van der Waals surface area contributed by atoms with Crippen LogP contribution in [0.15, 0.2) is 47.4 Å². The fourth-order valence-electron chi connectivity index (χ4n) is 3.91. The van der Waals surface area contributed by atoms with Crippen LogP contribution in [0.25, 0.3) is 0 Å². The van der Waals surface area contributed by atoms with Gasteiger partial charge < -0.3 is 5.11 Å². The summed E-state index contributed by atoms with van der Waals surface area (Å²) in [5.74, 6) is 0.0237. The zero-order chi connectivity index (χ0) is 21.2. The molecular formula is C23H27ClO4S. The molecule has 0 radical (unpaired) electrons. The third kappa shape index (κ3) is 4.73. The highest BCUT2D eigenvalue weighted by Gasteiger charge is 2.37. The van der Waals surface area contributed by atoms with Gasteiger partial charge in [0.2, 0.25) is 0 Å². The van der Waals surface area contributed by atoms with E-state index in [1.807, 2.05) is 32.0 Å². The monoisotopic (exact) mass is 434 g/mol. The average Bonchev–Trinajstić information content (AvgIpc) is 2.72. The number of fused-ring (bicyclic) bond motifs is 1. The van der Waals surface area contributed by atoms with Gasteiger partial charge in [0.05, 0.1) is 10.1 Å². The molecule has 0 amide bonds. The van der Waals surface area contributed by atoms with Crippen LogP contribution in [0.5, 0.6) is 0 Å². The van der Waals surface area contributed by atoms with Crippen LogP contribution in [0, 0.1) is 11.8 Å². The smallest absolute Gasteiger partial charge is 0.185 e. The third-order valence-electron chi connectivity index (χ3n) is 5.91. The molecule has 29 heavy (non-hydrogen) atoms. The van der Waals surface area contributed by atoms with E-state index in [1.54, 1.807) is 18.2 Å². The minimum absolute atomic E-state index is 0.0178. The summed E-state index contributed by atoms with van der Waals surface area (Å²) in [6, 6.07) is 12.0. The minimum Gasteiger partial charge on any atom is -0.396 e. The van der Waals surface area contributed by atoms with E-state index in [0.717, 1.165) is 23.1 Å². The molecule has 156 valence electrons. The van der Waals surface area contributed by atoms with Gasteiger partial charge in [0.25, 0.3) is 0 Å². The van der Waals surface area contributed by atoms with Gasteiger partial charge in [-0.2, -0.15) is 0 Å². The van der Waals surface area contributed by atoms with E-state index in [2.05, 4.69) is 0 Å². The zero-order valence-electron chi connectivity index (χ0n) is 16.8. The number of halogens is 1. The number of hydrogen-bond donors (Lipinski definition) is 1. The summed E-state index contributed by atoms with van der Waals surface area (Å²) in [5.41, 5.74) is 2.50. The molecule has 0 bridgehead atoms. The number of benzene rings is 2. The van der Waals surface area contributed by atoms with Crippen LogP contribution < -0.4 is 0 Å². The number of carbonyl (C=O) groups is 1. The largest absolute Gasteiger partial charge is 0.396 e. The first-order valence-corrected chi connectivity index (χ1v) is 11.9. The summed E-state index contributed by atoms with van der Waals surface area (Å²) < 4.78 is 26.9. The van der Waals surface area contributed by atoms with Crippen molar-refractivity contribution in [2.45, 2.75) is 49.7 Å². The highest BCUT2D eigenvalue weighted by Crippen LogP contribution is 2.42. The van der Waals surface area contributed by atoms with Crippen molar-refractivity contribution in [2.75, 3.05) is 6.61 Å². The lowest BCUT2D eigenvalue weighted by Crippen LogP contribution is -2.27. The van der Waals surface area contributed by atoms with Crippen LogP contribution in [0.1, 0.15) is 48.6 Å². The van der Waals surface area contributed by atoms with Crippen molar-refractivity contribution in [3.63, 3.8) is 0 Å². The van der Waals surface area contributed by atoms with Gasteiger partial charge in [-0.15, -0.1) is 0 Å². The van der Waals surface area contributed by atoms with Crippen molar-refractivity contribution in [1.82, 2.24) is 0 Å². The van der Waals surface area contributed by atoms with Gasteiger partial charge >= 0.3 is 0 Å². The maximum Gasteiger partial charge on any atom is 0.185 e.